The minimum atomic E-state index is -1.05. The van der Waals surface area contributed by atoms with Crippen molar-refractivity contribution in [3.63, 3.8) is 0 Å². The average Bonchev–Trinajstić information content (AvgIpc) is 3.13. The van der Waals surface area contributed by atoms with Gasteiger partial charge in [0.25, 0.3) is 11.7 Å². The van der Waals surface area contributed by atoms with Crippen molar-refractivity contribution in [2.45, 2.75) is 26.0 Å². The molecule has 4 rings (SSSR count). The monoisotopic (exact) mass is 486 g/mol. The number of anilines is 1. The molecule has 3 aromatic carbocycles. The lowest BCUT2D eigenvalue weighted by molar-refractivity contribution is -0.132. The molecule has 1 atom stereocenters. The Morgan fingerprint density at radius 3 is 2.44 bits per heavy atom. The van der Waals surface area contributed by atoms with Crippen molar-refractivity contribution in [1.29, 1.82) is 5.26 Å². The molecule has 0 radical (unpaired) electrons. The molecule has 0 aromatic heterocycles. The molecule has 182 valence electrons. The minimum absolute atomic E-state index is 0.0603. The zero-order valence-corrected chi connectivity index (χ0v) is 19.9. The van der Waals surface area contributed by atoms with E-state index in [0.29, 0.717) is 22.6 Å². The molecule has 3 aromatic rings. The van der Waals surface area contributed by atoms with Gasteiger partial charge >= 0.3 is 0 Å². The molecule has 1 aliphatic rings. The summed E-state index contributed by atoms with van der Waals surface area (Å²) in [7, 11) is 1.35. The fourth-order valence-electron chi connectivity index (χ4n) is 4.15. The van der Waals surface area contributed by atoms with Gasteiger partial charge in [-0.3, -0.25) is 14.5 Å². The molecule has 0 spiro atoms. The van der Waals surface area contributed by atoms with Crippen LogP contribution in [0.2, 0.25) is 0 Å². The normalized spacial score (nSPS) is 16.8. The fourth-order valence-corrected chi connectivity index (χ4v) is 4.15. The number of hydrogen-bond donors (Lipinski definition) is 1. The van der Waals surface area contributed by atoms with Crippen LogP contribution in [0.15, 0.2) is 72.3 Å². The van der Waals surface area contributed by atoms with E-state index in [2.05, 4.69) is 0 Å². The second-order valence-electron chi connectivity index (χ2n) is 8.41. The zero-order chi connectivity index (χ0) is 26.0. The highest BCUT2D eigenvalue weighted by atomic mass is 19.1. The van der Waals surface area contributed by atoms with E-state index in [-0.39, 0.29) is 23.0 Å². The smallest absolute Gasteiger partial charge is 0.300 e. The van der Waals surface area contributed by atoms with Crippen LogP contribution in [0.3, 0.4) is 0 Å². The van der Waals surface area contributed by atoms with E-state index in [0.717, 1.165) is 12.1 Å². The number of methoxy groups -OCH3 is 1. The second kappa shape index (κ2) is 9.92. The van der Waals surface area contributed by atoms with Crippen LogP contribution in [0.25, 0.3) is 5.76 Å². The number of ether oxygens (including phenoxy) is 2. The Morgan fingerprint density at radius 2 is 1.81 bits per heavy atom. The van der Waals surface area contributed by atoms with Crippen LogP contribution in [-0.4, -0.2) is 30.0 Å². The maximum absolute atomic E-state index is 14.1. The molecular formula is C28H23FN2O5. The third-order valence-electron chi connectivity index (χ3n) is 5.68. The number of aliphatic hydroxyl groups is 1. The average molecular weight is 486 g/mol. The number of aliphatic hydroxyl groups excluding tert-OH is 1. The van der Waals surface area contributed by atoms with Gasteiger partial charge in [-0.05, 0) is 74.0 Å². The maximum atomic E-state index is 14.1. The van der Waals surface area contributed by atoms with E-state index in [4.69, 9.17) is 14.7 Å². The standard InChI is InChI=1S/C28H23FN2O5/c1-16(2)36-21-6-4-5-18(13-21)25-24(26(32)22-14-19(29)9-12-23(22)35-3)27(33)28(34)31(25)20-10-7-17(15-30)8-11-20/h4-14,16,25,32H,1-3H3/b26-24+. The molecule has 36 heavy (non-hydrogen) atoms. The van der Waals surface area contributed by atoms with Crippen molar-refractivity contribution in [1.82, 2.24) is 0 Å². The lowest BCUT2D eigenvalue weighted by Gasteiger charge is -2.26. The Kier molecular flexibility index (Phi) is 6.75. The summed E-state index contributed by atoms with van der Waals surface area (Å²) in [6, 6.07) is 17.5. The first-order valence-corrected chi connectivity index (χ1v) is 11.2. The highest BCUT2D eigenvalue weighted by Gasteiger charge is 2.47. The highest BCUT2D eigenvalue weighted by Crippen LogP contribution is 2.44. The van der Waals surface area contributed by atoms with E-state index >= 15 is 0 Å². The summed E-state index contributed by atoms with van der Waals surface area (Å²) in [6.45, 7) is 3.73. The van der Waals surface area contributed by atoms with Crippen LogP contribution in [0, 0.1) is 17.1 Å². The Balaban J connectivity index is 1.97. The van der Waals surface area contributed by atoms with Crippen LogP contribution < -0.4 is 14.4 Å². The number of rotatable bonds is 6. The summed E-state index contributed by atoms with van der Waals surface area (Å²) in [4.78, 5) is 27.9. The molecule has 7 nitrogen and oxygen atoms in total. The molecule has 1 N–H and O–H groups in total. The van der Waals surface area contributed by atoms with E-state index in [9.17, 15) is 19.1 Å². The lowest BCUT2D eigenvalue weighted by atomic mass is 9.94. The molecule has 1 heterocycles. The summed E-state index contributed by atoms with van der Waals surface area (Å²) < 4.78 is 25.2. The van der Waals surface area contributed by atoms with E-state index < -0.39 is 29.3 Å². The van der Waals surface area contributed by atoms with Crippen LogP contribution in [0.4, 0.5) is 10.1 Å². The summed E-state index contributed by atoms with van der Waals surface area (Å²) in [5.41, 5.74) is 0.934. The second-order valence-corrected chi connectivity index (χ2v) is 8.41. The number of Topliss-reactive ketones (excluding diaryl/α,β-unsaturated/α-hetero) is 1. The topological polar surface area (TPSA) is 99.9 Å². The lowest BCUT2D eigenvalue weighted by Crippen LogP contribution is -2.29. The maximum Gasteiger partial charge on any atom is 0.300 e. The van der Waals surface area contributed by atoms with Gasteiger partial charge in [0.05, 0.1) is 42.0 Å². The van der Waals surface area contributed by atoms with Gasteiger partial charge in [-0.2, -0.15) is 5.26 Å². The summed E-state index contributed by atoms with van der Waals surface area (Å²) in [5.74, 6) is -2.39. The Hall–Kier alpha value is -4.64. The highest BCUT2D eigenvalue weighted by molar-refractivity contribution is 6.51. The fraction of sp³-hybridized carbons (Fsp3) is 0.179. The molecule has 0 saturated carbocycles. The minimum Gasteiger partial charge on any atom is -0.507 e. The van der Waals surface area contributed by atoms with Gasteiger partial charge in [0, 0.05) is 5.69 Å². The molecule has 1 aliphatic heterocycles. The van der Waals surface area contributed by atoms with Gasteiger partial charge in [-0.25, -0.2) is 4.39 Å². The number of halogens is 1. The van der Waals surface area contributed by atoms with Crippen LogP contribution >= 0.6 is 0 Å². The third-order valence-corrected chi connectivity index (χ3v) is 5.68. The van der Waals surface area contributed by atoms with E-state index in [1.165, 1.54) is 30.2 Å². The van der Waals surface area contributed by atoms with Crippen LogP contribution in [-0.2, 0) is 9.59 Å². The molecule has 1 unspecified atom stereocenters. The van der Waals surface area contributed by atoms with E-state index in [1.807, 2.05) is 19.9 Å². The quantitative estimate of drug-likeness (QED) is 0.295. The summed E-state index contributed by atoms with van der Waals surface area (Å²) >= 11 is 0. The van der Waals surface area contributed by atoms with Crippen molar-refractivity contribution in [2.75, 3.05) is 12.0 Å². The summed E-state index contributed by atoms with van der Waals surface area (Å²) in [5, 5.41) is 20.4. The first kappa shape index (κ1) is 24.5. The Morgan fingerprint density at radius 1 is 1.08 bits per heavy atom. The number of carbonyl (C=O) groups excluding carboxylic acids is 2. The first-order chi connectivity index (χ1) is 17.2. The third kappa shape index (κ3) is 4.51. The van der Waals surface area contributed by atoms with Crippen molar-refractivity contribution >= 4 is 23.1 Å². The predicted octanol–water partition coefficient (Wildman–Crippen LogP) is 5.12. The number of nitriles is 1. The Bertz CT molecular complexity index is 1410. The zero-order valence-electron chi connectivity index (χ0n) is 19.9. The van der Waals surface area contributed by atoms with Crippen molar-refractivity contribution in [2.24, 2.45) is 0 Å². The largest absolute Gasteiger partial charge is 0.507 e. The molecule has 1 amide bonds. The van der Waals surface area contributed by atoms with Crippen molar-refractivity contribution < 1.29 is 28.6 Å². The number of benzene rings is 3. The van der Waals surface area contributed by atoms with Gasteiger partial charge in [0.15, 0.2) is 0 Å². The van der Waals surface area contributed by atoms with Gasteiger partial charge in [-0.15, -0.1) is 0 Å². The summed E-state index contributed by atoms with van der Waals surface area (Å²) in [6.07, 6.45) is -0.123. The van der Waals surface area contributed by atoms with Gasteiger partial charge in [0.2, 0.25) is 0 Å². The molecule has 0 aliphatic carbocycles. The number of carbonyl (C=O) groups is 2. The van der Waals surface area contributed by atoms with Crippen LogP contribution in [0.5, 0.6) is 11.5 Å². The SMILES string of the molecule is COc1ccc(F)cc1/C(O)=C1\C(=O)C(=O)N(c2ccc(C#N)cc2)C1c1cccc(OC(C)C)c1. The van der Waals surface area contributed by atoms with Crippen molar-refractivity contribution in [3.8, 4) is 17.6 Å². The molecule has 0 bridgehead atoms. The van der Waals surface area contributed by atoms with Gasteiger partial charge in [-0.1, -0.05) is 12.1 Å². The number of ketones is 1. The number of amides is 1. The number of nitrogens with zero attached hydrogens (tertiary/aromatic N) is 2. The van der Waals surface area contributed by atoms with Gasteiger partial charge < -0.3 is 14.6 Å². The molecule has 1 fully saturated rings. The molecule has 8 heteroatoms. The first-order valence-electron chi connectivity index (χ1n) is 11.2. The Labute approximate surface area is 207 Å². The molecular weight excluding hydrogens is 463 g/mol. The van der Waals surface area contributed by atoms with E-state index in [1.54, 1.807) is 36.4 Å². The van der Waals surface area contributed by atoms with Gasteiger partial charge in [0.1, 0.15) is 23.1 Å². The van der Waals surface area contributed by atoms with Crippen molar-refractivity contribution in [3.05, 3.63) is 94.8 Å². The predicted molar refractivity (Wildman–Crippen MR) is 131 cm³/mol. The number of hydrogen-bond acceptors (Lipinski definition) is 6. The molecule has 1 saturated heterocycles. The van der Waals surface area contributed by atoms with Crippen LogP contribution in [0.1, 0.15) is 36.6 Å².